The molecule has 2 rings (SSSR count). The standard InChI is InChI=1S/C15H16INO3S/c1-4-19-14(18)15(3,21)20-12-5-9(2)13-10(7-12)6-11(16)8-17-13/h5-8,21H,4H2,1-3H3. The highest BCUT2D eigenvalue weighted by molar-refractivity contribution is 14.1. The van der Waals surface area contributed by atoms with Gasteiger partial charge in [0.25, 0.3) is 0 Å². The summed E-state index contributed by atoms with van der Waals surface area (Å²) in [4.78, 5) is 14.9. The normalized spacial score (nSPS) is 13.8. The van der Waals surface area contributed by atoms with E-state index in [1.165, 1.54) is 0 Å². The van der Waals surface area contributed by atoms with E-state index in [0.717, 1.165) is 20.0 Å². The number of hydrogen-bond acceptors (Lipinski definition) is 5. The Morgan fingerprint density at radius 2 is 2.14 bits per heavy atom. The van der Waals surface area contributed by atoms with Gasteiger partial charge < -0.3 is 9.47 Å². The van der Waals surface area contributed by atoms with E-state index in [0.29, 0.717) is 5.75 Å². The maximum absolute atomic E-state index is 11.8. The lowest BCUT2D eigenvalue weighted by atomic mass is 10.1. The summed E-state index contributed by atoms with van der Waals surface area (Å²) >= 11 is 6.47. The van der Waals surface area contributed by atoms with Crippen LogP contribution in [0.25, 0.3) is 10.9 Å². The van der Waals surface area contributed by atoms with Gasteiger partial charge >= 0.3 is 5.97 Å². The Morgan fingerprint density at radius 1 is 1.43 bits per heavy atom. The van der Waals surface area contributed by atoms with Crippen LogP contribution in [0, 0.1) is 10.5 Å². The number of aryl methyl sites for hydroxylation is 1. The van der Waals surface area contributed by atoms with Crippen molar-refractivity contribution in [2.75, 3.05) is 6.61 Å². The molecule has 1 aromatic heterocycles. The van der Waals surface area contributed by atoms with Gasteiger partial charge in [-0.05, 0) is 67.1 Å². The van der Waals surface area contributed by atoms with Crippen LogP contribution in [0.2, 0.25) is 0 Å². The molecule has 0 radical (unpaired) electrons. The number of halogens is 1. The number of aromatic nitrogens is 1. The number of pyridine rings is 1. The number of carbonyl (C=O) groups excluding carboxylic acids is 1. The lowest BCUT2D eigenvalue weighted by Gasteiger charge is -2.23. The number of ether oxygens (including phenoxy) is 2. The predicted octanol–water partition coefficient (Wildman–Crippen LogP) is 3.74. The summed E-state index contributed by atoms with van der Waals surface area (Å²) in [6.07, 6.45) is 1.82. The van der Waals surface area contributed by atoms with Crippen molar-refractivity contribution in [3.8, 4) is 5.75 Å². The molecule has 1 aromatic carbocycles. The molecule has 0 saturated carbocycles. The Kier molecular flexibility index (Phi) is 4.98. The van der Waals surface area contributed by atoms with Gasteiger partial charge in [-0.2, -0.15) is 0 Å². The Labute approximate surface area is 142 Å². The molecule has 6 heteroatoms. The Balaban J connectivity index is 2.36. The van der Waals surface area contributed by atoms with Crippen LogP contribution in [0.15, 0.2) is 24.4 Å². The molecule has 0 amide bonds. The van der Waals surface area contributed by atoms with E-state index in [9.17, 15) is 4.79 Å². The van der Waals surface area contributed by atoms with Crippen molar-refractivity contribution in [2.24, 2.45) is 0 Å². The third-order valence-electron chi connectivity index (χ3n) is 2.88. The molecular weight excluding hydrogens is 401 g/mol. The highest BCUT2D eigenvalue weighted by atomic mass is 127. The molecule has 0 spiro atoms. The van der Waals surface area contributed by atoms with E-state index in [-0.39, 0.29) is 6.61 Å². The van der Waals surface area contributed by atoms with Gasteiger partial charge in [-0.15, -0.1) is 12.6 Å². The molecule has 4 nitrogen and oxygen atoms in total. The van der Waals surface area contributed by atoms with E-state index in [4.69, 9.17) is 9.47 Å². The minimum atomic E-state index is -1.33. The lowest BCUT2D eigenvalue weighted by Crippen LogP contribution is -2.37. The van der Waals surface area contributed by atoms with Gasteiger partial charge in [0.2, 0.25) is 4.93 Å². The second kappa shape index (κ2) is 6.39. The third kappa shape index (κ3) is 3.79. The van der Waals surface area contributed by atoms with Crippen LogP contribution >= 0.6 is 35.2 Å². The molecule has 0 fully saturated rings. The third-order valence-corrected chi connectivity index (χ3v) is 3.75. The van der Waals surface area contributed by atoms with Crippen LogP contribution in [0.5, 0.6) is 5.75 Å². The number of rotatable bonds is 4. The Bertz CT molecular complexity index is 688. The molecule has 112 valence electrons. The average Bonchev–Trinajstić information content (AvgIpc) is 2.37. The summed E-state index contributed by atoms with van der Waals surface area (Å²) in [5.74, 6) is 0.0567. The topological polar surface area (TPSA) is 48.4 Å². The molecule has 1 heterocycles. The van der Waals surface area contributed by atoms with Crippen LogP contribution in [0.4, 0.5) is 0 Å². The van der Waals surface area contributed by atoms with Crippen LogP contribution in [0.3, 0.4) is 0 Å². The fraction of sp³-hybridized carbons (Fsp3) is 0.333. The van der Waals surface area contributed by atoms with E-state index < -0.39 is 10.9 Å². The van der Waals surface area contributed by atoms with Crippen molar-refractivity contribution in [1.29, 1.82) is 0 Å². The monoisotopic (exact) mass is 417 g/mol. The number of carbonyl (C=O) groups is 1. The summed E-state index contributed by atoms with van der Waals surface area (Å²) < 4.78 is 11.7. The minimum absolute atomic E-state index is 0.289. The number of benzene rings is 1. The van der Waals surface area contributed by atoms with E-state index in [1.807, 2.05) is 31.3 Å². The zero-order valence-corrected chi connectivity index (χ0v) is 15.1. The summed E-state index contributed by atoms with van der Waals surface area (Å²) in [6, 6.07) is 5.71. The SMILES string of the molecule is CCOC(=O)C(C)(S)Oc1cc(C)c2ncc(I)cc2c1. The van der Waals surface area contributed by atoms with Crippen molar-refractivity contribution in [1.82, 2.24) is 4.98 Å². The number of fused-ring (bicyclic) bond motifs is 1. The highest BCUT2D eigenvalue weighted by Crippen LogP contribution is 2.29. The first-order valence-corrected chi connectivity index (χ1v) is 8.00. The molecule has 21 heavy (non-hydrogen) atoms. The summed E-state index contributed by atoms with van der Waals surface area (Å²) in [6.45, 7) is 5.56. The summed E-state index contributed by atoms with van der Waals surface area (Å²) in [5.41, 5.74) is 1.90. The molecule has 0 N–H and O–H groups in total. The average molecular weight is 417 g/mol. The van der Waals surface area contributed by atoms with Gasteiger partial charge in [-0.25, -0.2) is 4.79 Å². The number of nitrogens with zero attached hydrogens (tertiary/aromatic N) is 1. The first-order valence-electron chi connectivity index (χ1n) is 6.48. The Morgan fingerprint density at radius 3 is 2.81 bits per heavy atom. The Hall–Kier alpha value is -1.02. The quantitative estimate of drug-likeness (QED) is 0.357. The van der Waals surface area contributed by atoms with E-state index >= 15 is 0 Å². The second-order valence-corrected chi connectivity index (χ2v) is 6.87. The van der Waals surface area contributed by atoms with E-state index in [1.54, 1.807) is 13.8 Å². The minimum Gasteiger partial charge on any atom is -0.466 e. The number of thiol groups is 1. The van der Waals surface area contributed by atoms with Crippen molar-refractivity contribution < 1.29 is 14.3 Å². The molecule has 0 saturated heterocycles. The van der Waals surface area contributed by atoms with E-state index in [2.05, 4.69) is 40.2 Å². The van der Waals surface area contributed by atoms with Crippen LogP contribution in [0.1, 0.15) is 19.4 Å². The zero-order valence-electron chi connectivity index (χ0n) is 12.0. The van der Waals surface area contributed by atoms with Crippen LogP contribution < -0.4 is 4.74 Å². The van der Waals surface area contributed by atoms with Crippen molar-refractivity contribution in [2.45, 2.75) is 25.7 Å². The van der Waals surface area contributed by atoms with Gasteiger partial charge in [-0.1, -0.05) is 0 Å². The molecular formula is C15H16INO3S. The lowest BCUT2D eigenvalue weighted by molar-refractivity contribution is -0.152. The first-order chi connectivity index (χ1) is 9.83. The fourth-order valence-electron chi connectivity index (χ4n) is 1.97. The molecule has 2 aromatic rings. The number of esters is 1. The van der Waals surface area contributed by atoms with Gasteiger partial charge in [0.05, 0.1) is 12.1 Å². The highest BCUT2D eigenvalue weighted by Gasteiger charge is 2.33. The van der Waals surface area contributed by atoms with Crippen LogP contribution in [-0.4, -0.2) is 22.5 Å². The van der Waals surface area contributed by atoms with Crippen molar-refractivity contribution in [3.05, 3.63) is 33.5 Å². The van der Waals surface area contributed by atoms with Gasteiger partial charge in [0.1, 0.15) is 5.75 Å². The van der Waals surface area contributed by atoms with Gasteiger partial charge in [0.15, 0.2) is 0 Å². The molecule has 1 atom stereocenters. The maximum atomic E-state index is 11.8. The number of hydrogen-bond donors (Lipinski definition) is 1. The maximum Gasteiger partial charge on any atom is 0.360 e. The molecule has 0 bridgehead atoms. The molecule has 1 unspecified atom stereocenters. The second-order valence-electron chi connectivity index (χ2n) is 4.77. The largest absolute Gasteiger partial charge is 0.466 e. The molecule has 0 aliphatic heterocycles. The smallest absolute Gasteiger partial charge is 0.360 e. The van der Waals surface area contributed by atoms with Crippen LogP contribution in [-0.2, 0) is 9.53 Å². The summed E-state index contributed by atoms with van der Waals surface area (Å²) in [7, 11) is 0. The van der Waals surface area contributed by atoms with Crippen molar-refractivity contribution >= 4 is 52.1 Å². The van der Waals surface area contributed by atoms with Gasteiger partial charge in [0, 0.05) is 15.2 Å². The zero-order chi connectivity index (χ0) is 15.6. The first kappa shape index (κ1) is 16.4. The summed E-state index contributed by atoms with van der Waals surface area (Å²) in [5, 5.41) is 0.963. The fourth-order valence-corrected chi connectivity index (χ4v) is 2.61. The van der Waals surface area contributed by atoms with Gasteiger partial charge in [-0.3, -0.25) is 4.98 Å². The molecule has 0 aliphatic rings. The van der Waals surface area contributed by atoms with Crippen molar-refractivity contribution in [3.63, 3.8) is 0 Å². The predicted molar refractivity (Wildman–Crippen MR) is 93.8 cm³/mol. The molecule has 0 aliphatic carbocycles.